The second kappa shape index (κ2) is 7.04. The Hall–Kier alpha value is -2.14. The number of hydrogen-bond acceptors (Lipinski definition) is 5. The van der Waals surface area contributed by atoms with Gasteiger partial charge in [-0.2, -0.15) is 0 Å². The summed E-state index contributed by atoms with van der Waals surface area (Å²) < 4.78 is 0. The van der Waals surface area contributed by atoms with Crippen LogP contribution in [0.2, 0.25) is 0 Å². The molecule has 1 aromatic heterocycles. The number of nitrogen functional groups attached to an aromatic ring is 1. The Morgan fingerprint density at radius 3 is 2.43 bits per heavy atom. The third-order valence-electron chi connectivity index (χ3n) is 3.48. The fraction of sp³-hybridized carbons (Fsp3) is 0.375. The Morgan fingerprint density at radius 2 is 1.86 bits per heavy atom. The molecule has 3 N–H and O–H groups in total. The summed E-state index contributed by atoms with van der Waals surface area (Å²) in [6.07, 6.45) is 3.46. The van der Waals surface area contributed by atoms with Crippen LogP contribution in [0.4, 0.5) is 17.3 Å². The molecule has 0 aliphatic carbocycles. The summed E-state index contributed by atoms with van der Waals surface area (Å²) in [4.78, 5) is 10.9. The molecule has 0 saturated carbocycles. The number of hydrazine groups is 1. The second-order valence-electron chi connectivity index (χ2n) is 5.00. The molecule has 0 unspecified atom stereocenters. The van der Waals surface area contributed by atoms with Gasteiger partial charge in [-0.25, -0.2) is 15.8 Å². The van der Waals surface area contributed by atoms with Crippen molar-refractivity contribution >= 4 is 17.3 Å². The van der Waals surface area contributed by atoms with E-state index < -0.39 is 0 Å². The van der Waals surface area contributed by atoms with Gasteiger partial charge in [-0.3, -0.25) is 0 Å². The van der Waals surface area contributed by atoms with Gasteiger partial charge in [0.1, 0.15) is 18.0 Å². The van der Waals surface area contributed by atoms with Crippen LogP contribution in [0.25, 0.3) is 0 Å². The zero-order valence-corrected chi connectivity index (χ0v) is 12.9. The molecule has 1 heterocycles. The van der Waals surface area contributed by atoms with Crippen LogP contribution >= 0.6 is 0 Å². The number of nitrogens with two attached hydrogens (primary N) is 1. The first-order valence-electron chi connectivity index (χ1n) is 7.35. The molecule has 21 heavy (non-hydrogen) atoms. The van der Waals surface area contributed by atoms with Gasteiger partial charge in [-0.1, -0.05) is 31.0 Å². The molecule has 0 atom stereocenters. The number of benzene rings is 1. The first-order valence-corrected chi connectivity index (χ1v) is 7.35. The summed E-state index contributed by atoms with van der Waals surface area (Å²) in [6.45, 7) is 7.18. The van der Waals surface area contributed by atoms with Gasteiger partial charge in [-0.05, 0) is 32.4 Å². The lowest BCUT2D eigenvalue weighted by Crippen LogP contribution is -2.21. The van der Waals surface area contributed by atoms with Gasteiger partial charge in [0, 0.05) is 17.8 Å². The largest absolute Gasteiger partial charge is 0.326 e. The highest BCUT2D eigenvalue weighted by molar-refractivity contribution is 5.67. The van der Waals surface area contributed by atoms with Crippen LogP contribution in [0.1, 0.15) is 31.4 Å². The Kier molecular flexibility index (Phi) is 5.11. The number of hydrogen-bond donors (Lipinski definition) is 2. The average Bonchev–Trinajstić information content (AvgIpc) is 2.51. The Bertz CT molecular complexity index is 580. The van der Waals surface area contributed by atoms with Gasteiger partial charge in [0.05, 0.1) is 0 Å². The number of rotatable bonds is 6. The van der Waals surface area contributed by atoms with Crippen molar-refractivity contribution in [2.75, 3.05) is 16.9 Å². The Labute approximate surface area is 126 Å². The Morgan fingerprint density at radius 1 is 1.14 bits per heavy atom. The van der Waals surface area contributed by atoms with Crippen molar-refractivity contribution in [2.24, 2.45) is 5.84 Å². The van der Waals surface area contributed by atoms with E-state index in [0.29, 0.717) is 5.82 Å². The van der Waals surface area contributed by atoms with Crippen LogP contribution in [-0.2, 0) is 6.42 Å². The van der Waals surface area contributed by atoms with Gasteiger partial charge < -0.3 is 10.3 Å². The van der Waals surface area contributed by atoms with E-state index in [1.165, 1.54) is 5.56 Å². The first-order chi connectivity index (χ1) is 10.2. The number of nitrogens with one attached hydrogen (secondary N) is 1. The van der Waals surface area contributed by atoms with Crippen molar-refractivity contribution in [1.82, 2.24) is 9.97 Å². The van der Waals surface area contributed by atoms with Crippen LogP contribution in [0.3, 0.4) is 0 Å². The van der Waals surface area contributed by atoms with Crippen LogP contribution in [-0.4, -0.2) is 16.5 Å². The first kappa shape index (κ1) is 15.3. The maximum absolute atomic E-state index is 5.59. The molecule has 0 amide bonds. The van der Waals surface area contributed by atoms with E-state index in [4.69, 9.17) is 5.84 Å². The normalized spacial score (nSPS) is 10.5. The highest BCUT2D eigenvalue weighted by atomic mass is 15.3. The van der Waals surface area contributed by atoms with Crippen molar-refractivity contribution in [3.05, 3.63) is 41.7 Å². The summed E-state index contributed by atoms with van der Waals surface area (Å²) in [7, 11) is 0. The molecule has 0 aliphatic heterocycles. The summed E-state index contributed by atoms with van der Waals surface area (Å²) >= 11 is 0. The number of aromatic nitrogens is 2. The summed E-state index contributed by atoms with van der Waals surface area (Å²) in [5.41, 5.74) is 6.12. The van der Waals surface area contributed by atoms with E-state index >= 15 is 0 Å². The van der Waals surface area contributed by atoms with Crippen molar-refractivity contribution in [1.29, 1.82) is 0 Å². The molecule has 2 aromatic rings. The van der Waals surface area contributed by atoms with Gasteiger partial charge in [0.15, 0.2) is 0 Å². The third kappa shape index (κ3) is 3.31. The monoisotopic (exact) mass is 285 g/mol. The van der Waals surface area contributed by atoms with Gasteiger partial charge >= 0.3 is 0 Å². The lowest BCUT2D eigenvalue weighted by molar-refractivity contribution is 0.876. The van der Waals surface area contributed by atoms with E-state index in [1.54, 1.807) is 6.33 Å². The molecule has 1 aromatic carbocycles. The standard InChI is InChI=1S/C16H23N5/c1-4-6-14-15(20-17)18-11-19-16(14)21(5-2)13-9-7-12(3)8-10-13/h7-11H,4-6,17H2,1-3H3,(H,18,19,20). The molecular weight excluding hydrogens is 262 g/mol. The third-order valence-corrected chi connectivity index (χ3v) is 3.48. The van der Waals surface area contributed by atoms with E-state index in [-0.39, 0.29) is 0 Å². The van der Waals surface area contributed by atoms with E-state index in [0.717, 1.165) is 36.5 Å². The van der Waals surface area contributed by atoms with E-state index in [1.807, 2.05) is 0 Å². The van der Waals surface area contributed by atoms with E-state index in [2.05, 4.69) is 65.3 Å². The smallest absolute Gasteiger partial charge is 0.148 e. The Balaban J connectivity index is 2.48. The number of anilines is 3. The molecule has 0 bridgehead atoms. The maximum Gasteiger partial charge on any atom is 0.148 e. The average molecular weight is 285 g/mol. The van der Waals surface area contributed by atoms with Gasteiger partial charge in [-0.15, -0.1) is 0 Å². The quantitative estimate of drug-likeness (QED) is 0.630. The molecule has 5 heteroatoms. The number of aryl methyl sites for hydroxylation is 1. The summed E-state index contributed by atoms with van der Waals surface area (Å²) in [5, 5.41) is 0. The minimum absolute atomic E-state index is 0.701. The lowest BCUT2D eigenvalue weighted by Gasteiger charge is -2.25. The predicted molar refractivity (Wildman–Crippen MR) is 87.7 cm³/mol. The fourth-order valence-electron chi connectivity index (χ4n) is 2.42. The van der Waals surface area contributed by atoms with Crippen molar-refractivity contribution < 1.29 is 0 Å². The molecule has 0 aliphatic rings. The molecule has 0 radical (unpaired) electrons. The minimum Gasteiger partial charge on any atom is -0.326 e. The fourth-order valence-corrected chi connectivity index (χ4v) is 2.42. The van der Waals surface area contributed by atoms with Crippen molar-refractivity contribution in [3.8, 4) is 0 Å². The zero-order valence-electron chi connectivity index (χ0n) is 12.9. The van der Waals surface area contributed by atoms with Crippen molar-refractivity contribution in [2.45, 2.75) is 33.6 Å². The maximum atomic E-state index is 5.59. The summed E-state index contributed by atoms with van der Waals surface area (Å²) in [5.74, 6) is 7.21. The second-order valence-corrected chi connectivity index (χ2v) is 5.00. The van der Waals surface area contributed by atoms with Crippen LogP contribution in [0.15, 0.2) is 30.6 Å². The molecule has 2 rings (SSSR count). The summed E-state index contributed by atoms with van der Waals surface area (Å²) in [6, 6.07) is 8.46. The van der Waals surface area contributed by atoms with Crippen LogP contribution in [0, 0.1) is 6.92 Å². The van der Waals surface area contributed by atoms with Crippen LogP contribution < -0.4 is 16.2 Å². The lowest BCUT2D eigenvalue weighted by atomic mass is 10.1. The molecule has 112 valence electrons. The molecular formula is C16H23N5. The predicted octanol–water partition coefficient (Wildman–Crippen LogP) is 3.18. The van der Waals surface area contributed by atoms with Gasteiger partial charge in [0.2, 0.25) is 0 Å². The minimum atomic E-state index is 0.701. The molecule has 5 nitrogen and oxygen atoms in total. The zero-order chi connectivity index (χ0) is 15.2. The SMILES string of the molecule is CCCc1c(NN)ncnc1N(CC)c1ccc(C)cc1. The van der Waals surface area contributed by atoms with Crippen molar-refractivity contribution in [3.63, 3.8) is 0 Å². The highest BCUT2D eigenvalue weighted by Gasteiger charge is 2.16. The molecule has 0 spiro atoms. The number of nitrogens with zero attached hydrogens (tertiary/aromatic N) is 3. The van der Waals surface area contributed by atoms with E-state index in [9.17, 15) is 0 Å². The molecule has 0 fully saturated rings. The highest BCUT2D eigenvalue weighted by Crippen LogP contribution is 2.30. The van der Waals surface area contributed by atoms with Gasteiger partial charge in [0.25, 0.3) is 0 Å². The topological polar surface area (TPSA) is 67.1 Å². The molecule has 0 saturated heterocycles. The van der Waals surface area contributed by atoms with Crippen LogP contribution in [0.5, 0.6) is 0 Å².